The maximum Gasteiger partial charge on any atom is 0.360 e. The first kappa shape index (κ1) is 19.7. The molecule has 9 heteroatoms. The number of carbonyl (C=O) groups is 1. The van der Waals surface area contributed by atoms with Gasteiger partial charge in [-0.05, 0) is 43.3 Å². The highest BCUT2D eigenvalue weighted by Crippen LogP contribution is 2.24. The average Bonchev–Trinajstić information content (AvgIpc) is 3.21. The molecule has 1 aliphatic heterocycles. The molecule has 0 spiro atoms. The van der Waals surface area contributed by atoms with Crippen molar-refractivity contribution in [3.63, 3.8) is 0 Å². The number of anilines is 2. The summed E-state index contributed by atoms with van der Waals surface area (Å²) < 4.78 is 19.5. The van der Waals surface area contributed by atoms with E-state index in [0.29, 0.717) is 50.0 Å². The van der Waals surface area contributed by atoms with Gasteiger partial charge in [0.1, 0.15) is 11.6 Å². The van der Waals surface area contributed by atoms with E-state index in [2.05, 4.69) is 10.2 Å². The summed E-state index contributed by atoms with van der Waals surface area (Å²) in [5, 5.41) is 18.2. The van der Waals surface area contributed by atoms with Crippen molar-refractivity contribution < 1.29 is 19.0 Å². The van der Waals surface area contributed by atoms with Gasteiger partial charge in [-0.3, -0.25) is 0 Å². The quantitative estimate of drug-likeness (QED) is 0.668. The number of ether oxygens (including phenoxy) is 1. The summed E-state index contributed by atoms with van der Waals surface area (Å²) in [6.07, 6.45) is 0. The summed E-state index contributed by atoms with van der Waals surface area (Å²) in [4.78, 5) is 16.9. The van der Waals surface area contributed by atoms with Gasteiger partial charge in [0.15, 0.2) is 5.82 Å². The standard InChI is InChI=1S/C21H22FN5O3/c1-2-30-16-9-7-15(8-10-16)27-23-19(21(28)29)20(24-27)26-13-11-25(12-14-26)18-6-4-3-5-17(18)22/h3-10H,2,11-14H2,1H3,(H,28,29). The van der Waals surface area contributed by atoms with Gasteiger partial charge < -0.3 is 19.6 Å². The fourth-order valence-corrected chi connectivity index (χ4v) is 3.48. The van der Waals surface area contributed by atoms with E-state index < -0.39 is 5.97 Å². The largest absolute Gasteiger partial charge is 0.494 e. The summed E-state index contributed by atoms with van der Waals surface area (Å²) in [5.41, 5.74) is 1.08. The summed E-state index contributed by atoms with van der Waals surface area (Å²) in [7, 11) is 0. The molecule has 0 aliphatic carbocycles. The van der Waals surface area contributed by atoms with E-state index in [1.807, 2.05) is 16.7 Å². The maximum absolute atomic E-state index is 14.1. The van der Waals surface area contributed by atoms with Crippen LogP contribution in [0.15, 0.2) is 48.5 Å². The van der Waals surface area contributed by atoms with E-state index in [9.17, 15) is 14.3 Å². The van der Waals surface area contributed by atoms with E-state index in [1.54, 1.807) is 42.5 Å². The summed E-state index contributed by atoms with van der Waals surface area (Å²) in [6.45, 7) is 4.59. The molecule has 2 heterocycles. The molecule has 156 valence electrons. The fraction of sp³-hybridized carbons (Fsp3) is 0.286. The Bertz CT molecular complexity index is 1030. The molecule has 1 saturated heterocycles. The molecule has 1 fully saturated rings. The van der Waals surface area contributed by atoms with Crippen LogP contribution >= 0.6 is 0 Å². The highest BCUT2D eigenvalue weighted by molar-refractivity contribution is 5.91. The van der Waals surface area contributed by atoms with Crippen molar-refractivity contribution in [2.75, 3.05) is 42.6 Å². The smallest absolute Gasteiger partial charge is 0.360 e. The number of hydrogen-bond acceptors (Lipinski definition) is 6. The molecule has 0 atom stereocenters. The van der Waals surface area contributed by atoms with Gasteiger partial charge in [0.25, 0.3) is 0 Å². The molecule has 1 aromatic heterocycles. The SMILES string of the molecule is CCOc1ccc(-n2nc(C(=O)O)c(N3CCN(c4ccccc4F)CC3)n2)cc1. The number of hydrogen-bond donors (Lipinski definition) is 1. The van der Waals surface area contributed by atoms with Gasteiger partial charge in [-0.15, -0.1) is 15.0 Å². The fourth-order valence-electron chi connectivity index (χ4n) is 3.48. The maximum atomic E-state index is 14.1. The van der Waals surface area contributed by atoms with Gasteiger partial charge in [0, 0.05) is 26.2 Å². The lowest BCUT2D eigenvalue weighted by atomic mass is 10.2. The van der Waals surface area contributed by atoms with Crippen molar-refractivity contribution in [3.8, 4) is 11.4 Å². The number of nitrogens with zero attached hydrogens (tertiary/aromatic N) is 5. The number of carboxylic acids is 1. The molecule has 0 radical (unpaired) electrons. The van der Waals surface area contributed by atoms with Crippen LogP contribution in [0.2, 0.25) is 0 Å². The van der Waals surface area contributed by atoms with Gasteiger partial charge in [0.2, 0.25) is 5.69 Å². The molecule has 1 N–H and O–H groups in total. The molecular formula is C21H22FN5O3. The predicted molar refractivity (Wildman–Crippen MR) is 110 cm³/mol. The van der Waals surface area contributed by atoms with Gasteiger partial charge in [-0.1, -0.05) is 12.1 Å². The number of piperazine rings is 1. The first-order valence-corrected chi connectivity index (χ1v) is 9.75. The molecule has 0 unspecified atom stereocenters. The molecule has 0 bridgehead atoms. The third-order valence-electron chi connectivity index (χ3n) is 4.95. The third-order valence-corrected chi connectivity index (χ3v) is 4.95. The monoisotopic (exact) mass is 411 g/mol. The summed E-state index contributed by atoms with van der Waals surface area (Å²) >= 11 is 0. The Hall–Kier alpha value is -3.62. The Morgan fingerprint density at radius 3 is 2.33 bits per heavy atom. The van der Waals surface area contributed by atoms with Crippen LogP contribution < -0.4 is 14.5 Å². The Morgan fingerprint density at radius 2 is 1.70 bits per heavy atom. The number of rotatable bonds is 6. The molecule has 30 heavy (non-hydrogen) atoms. The minimum atomic E-state index is -1.14. The minimum absolute atomic E-state index is 0.108. The van der Waals surface area contributed by atoms with Crippen LogP contribution in [-0.4, -0.2) is 58.9 Å². The first-order chi connectivity index (χ1) is 14.6. The van der Waals surface area contributed by atoms with Crippen LogP contribution in [0.25, 0.3) is 5.69 Å². The molecule has 4 rings (SSSR count). The Morgan fingerprint density at radius 1 is 1.03 bits per heavy atom. The molecular weight excluding hydrogens is 389 g/mol. The van der Waals surface area contributed by atoms with Crippen molar-refractivity contribution in [2.45, 2.75) is 6.92 Å². The average molecular weight is 411 g/mol. The van der Waals surface area contributed by atoms with Crippen LogP contribution in [0.3, 0.4) is 0 Å². The van der Waals surface area contributed by atoms with Crippen molar-refractivity contribution in [3.05, 3.63) is 60.0 Å². The van der Waals surface area contributed by atoms with Gasteiger partial charge >= 0.3 is 5.97 Å². The number of halogens is 1. The molecule has 8 nitrogen and oxygen atoms in total. The van der Waals surface area contributed by atoms with Gasteiger partial charge in [0.05, 0.1) is 18.0 Å². The highest BCUT2D eigenvalue weighted by Gasteiger charge is 2.27. The topological polar surface area (TPSA) is 83.7 Å². The van der Waals surface area contributed by atoms with Crippen molar-refractivity contribution >= 4 is 17.5 Å². The number of benzene rings is 2. The van der Waals surface area contributed by atoms with Crippen molar-refractivity contribution in [1.82, 2.24) is 15.0 Å². The number of aromatic carboxylic acids is 1. The molecule has 3 aromatic rings. The van der Waals surface area contributed by atoms with Crippen molar-refractivity contribution in [2.24, 2.45) is 0 Å². The van der Waals surface area contributed by atoms with E-state index in [-0.39, 0.29) is 11.5 Å². The van der Waals surface area contributed by atoms with Gasteiger partial charge in [-0.2, -0.15) is 0 Å². The zero-order valence-electron chi connectivity index (χ0n) is 16.5. The lowest BCUT2D eigenvalue weighted by molar-refractivity contribution is 0.0690. The van der Waals surface area contributed by atoms with E-state index >= 15 is 0 Å². The van der Waals surface area contributed by atoms with Crippen molar-refractivity contribution in [1.29, 1.82) is 0 Å². The normalized spacial score (nSPS) is 14.1. The Balaban J connectivity index is 1.54. The van der Waals surface area contributed by atoms with Crippen LogP contribution in [0.1, 0.15) is 17.4 Å². The number of carboxylic acid groups (broad SMARTS) is 1. The Labute approximate surface area is 173 Å². The van der Waals surface area contributed by atoms with Gasteiger partial charge in [-0.25, -0.2) is 9.18 Å². The Kier molecular flexibility index (Phi) is 5.51. The molecule has 2 aromatic carbocycles. The minimum Gasteiger partial charge on any atom is -0.494 e. The lowest BCUT2D eigenvalue weighted by Gasteiger charge is -2.36. The lowest BCUT2D eigenvalue weighted by Crippen LogP contribution is -2.47. The highest BCUT2D eigenvalue weighted by atomic mass is 19.1. The molecule has 1 aliphatic rings. The van der Waals surface area contributed by atoms with Crippen LogP contribution in [-0.2, 0) is 0 Å². The number of para-hydroxylation sites is 1. The second-order valence-electron chi connectivity index (χ2n) is 6.82. The van der Waals surface area contributed by atoms with Crippen LogP contribution in [0, 0.1) is 5.82 Å². The van der Waals surface area contributed by atoms with E-state index in [1.165, 1.54) is 10.9 Å². The summed E-state index contributed by atoms with van der Waals surface area (Å²) in [5.74, 6) is -0.377. The third kappa shape index (κ3) is 3.91. The second kappa shape index (κ2) is 8.40. The summed E-state index contributed by atoms with van der Waals surface area (Å²) in [6, 6.07) is 13.8. The van der Waals surface area contributed by atoms with Crippen LogP contribution in [0.4, 0.5) is 15.9 Å². The van der Waals surface area contributed by atoms with E-state index in [4.69, 9.17) is 4.74 Å². The first-order valence-electron chi connectivity index (χ1n) is 9.75. The van der Waals surface area contributed by atoms with Crippen LogP contribution in [0.5, 0.6) is 5.75 Å². The second-order valence-corrected chi connectivity index (χ2v) is 6.82. The van der Waals surface area contributed by atoms with E-state index in [0.717, 1.165) is 5.75 Å². The number of aromatic nitrogens is 3. The molecule has 0 saturated carbocycles. The zero-order valence-corrected chi connectivity index (χ0v) is 16.5. The predicted octanol–water partition coefficient (Wildman–Crippen LogP) is 2.83. The zero-order chi connectivity index (χ0) is 21.1. The molecule has 0 amide bonds.